The van der Waals surface area contributed by atoms with Crippen LogP contribution in [0.1, 0.15) is 32.8 Å². The zero-order valence-corrected chi connectivity index (χ0v) is 19.6. The molecule has 2 aliphatic heterocycles. The Balaban J connectivity index is 1.68. The van der Waals surface area contributed by atoms with E-state index >= 15 is 0 Å². The van der Waals surface area contributed by atoms with Crippen molar-refractivity contribution in [3.05, 3.63) is 53.1 Å². The molecule has 170 valence electrons. The van der Waals surface area contributed by atoms with Crippen molar-refractivity contribution in [2.45, 2.75) is 33.2 Å². The Morgan fingerprint density at radius 2 is 2.03 bits per heavy atom. The van der Waals surface area contributed by atoms with E-state index in [0.29, 0.717) is 35.5 Å². The van der Waals surface area contributed by atoms with E-state index in [1.54, 1.807) is 6.07 Å². The van der Waals surface area contributed by atoms with E-state index in [1.165, 1.54) is 0 Å². The van der Waals surface area contributed by atoms with E-state index in [-0.39, 0.29) is 12.0 Å². The molecular formula is C25H30ClN3O3. The van der Waals surface area contributed by atoms with Crippen LogP contribution in [-0.2, 0) is 9.53 Å². The fraction of sp³-hybridized carbons (Fsp3) is 0.440. The number of carbonyl (C=O) groups is 1. The molecule has 32 heavy (non-hydrogen) atoms. The summed E-state index contributed by atoms with van der Waals surface area (Å²) in [4.78, 5) is 22.3. The van der Waals surface area contributed by atoms with Gasteiger partial charge in [-0.15, -0.1) is 0 Å². The second-order valence-corrected chi connectivity index (χ2v) is 9.01. The minimum Gasteiger partial charge on any atom is -0.465 e. The van der Waals surface area contributed by atoms with Crippen LogP contribution in [0, 0.1) is 5.92 Å². The number of halogens is 1. The summed E-state index contributed by atoms with van der Waals surface area (Å²) in [5, 5.41) is 0.601. The van der Waals surface area contributed by atoms with Gasteiger partial charge in [-0.2, -0.15) is 0 Å². The molecule has 0 bridgehead atoms. The number of fused-ring (bicyclic) bond motifs is 2. The summed E-state index contributed by atoms with van der Waals surface area (Å²) < 4.78 is 11.6. The predicted octanol–water partition coefficient (Wildman–Crippen LogP) is 5.12. The monoisotopic (exact) mass is 455 g/mol. The van der Waals surface area contributed by atoms with E-state index in [2.05, 4.69) is 23.6 Å². The first kappa shape index (κ1) is 22.6. The van der Waals surface area contributed by atoms with Gasteiger partial charge in [-0.05, 0) is 56.1 Å². The highest BCUT2D eigenvalue weighted by molar-refractivity contribution is 6.31. The quantitative estimate of drug-likeness (QED) is 0.586. The van der Waals surface area contributed by atoms with Gasteiger partial charge in [-0.25, -0.2) is 4.99 Å². The lowest BCUT2D eigenvalue weighted by Crippen LogP contribution is -2.58. The SMILES string of the molecule is CCOC(=O)C1CN(C2=Nc3cc(Cl)ccc3Oc3ccccc32)CCN1CCC(C)C. The maximum absolute atomic E-state index is 12.9. The van der Waals surface area contributed by atoms with Gasteiger partial charge in [0.15, 0.2) is 5.75 Å². The highest BCUT2D eigenvalue weighted by atomic mass is 35.5. The Bertz CT molecular complexity index is 1010. The Hall–Kier alpha value is -2.57. The number of aliphatic imine (C=N–C) groups is 1. The van der Waals surface area contributed by atoms with Crippen molar-refractivity contribution in [2.24, 2.45) is 10.9 Å². The predicted molar refractivity (Wildman–Crippen MR) is 127 cm³/mol. The molecule has 7 heteroatoms. The van der Waals surface area contributed by atoms with E-state index < -0.39 is 0 Å². The first-order valence-corrected chi connectivity index (χ1v) is 11.6. The molecule has 0 N–H and O–H groups in total. The maximum atomic E-state index is 12.9. The number of amidine groups is 1. The second-order valence-electron chi connectivity index (χ2n) is 8.58. The molecule has 2 aromatic rings. The van der Waals surface area contributed by atoms with Gasteiger partial charge in [-0.1, -0.05) is 37.6 Å². The van der Waals surface area contributed by atoms with Gasteiger partial charge >= 0.3 is 5.97 Å². The standard InChI is InChI=1S/C25H30ClN3O3/c1-4-31-25(30)21-16-29(14-13-28(21)12-11-17(2)3)24-19-7-5-6-8-22(19)32-23-10-9-18(26)15-20(23)27-24/h5-10,15,17,21H,4,11-14,16H2,1-3H3. The van der Waals surface area contributed by atoms with Crippen molar-refractivity contribution >= 4 is 29.1 Å². The van der Waals surface area contributed by atoms with Crippen LogP contribution in [0.15, 0.2) is 47.5 Å². The summed E-state index contributed by atoms with van der Waals surface area (Å²) in [6.45, 7) is 9.54. The molecule has 2 heterocycles. The lowest BCUT2D eigenvalue weighted by atomic mass is 10.1. The number of para-hydroxylation sites is 1. The number of hydrogen-bond acceptors (Lipinski definition) is 6. The Kier molecular flexibility index (Phi) is 7.01. The minimum absolute atomic E-state index is 0.178. The molecule has 0 saturated carbocycles. The van der Waals surface area contributed by atoms with Gasteiger partial charge < -0.3 is 14.4 Å². The summed E-state index contributed by atoms with van der Waals surface area (Å²) in [6, 6.07) is 13.0. The lowest BCUT2D eigenvalue weighted by molar-refractivity contribution is -0.151. The van der Waals surface area contributed by atoms with Gasteiger partial charge in [0.2, 0.25) is 0 Å². The molecule has 1 unspecified atom stereocenters. The fourth-order valence-electron chi connectivity index (χ4n) is 4.11. The summed E-state index contributed by atoms with van der Waals surface area (Å²) in [6.07, 6.45) is 1.04. The van der Waals surface area contributed by atoms with Crippen molar-refractivity contribution < 1.29 is 14.3 Å². The number of piperazine rings is 1. The van der Waals surface area contributed by atoms with Crippen molar-refractivity contribution in [1.29, 1.82) is 0 Å². The van der Waals surface area contributed by atoms with Crippen LogP contribution in [0.3, 0.4) is 0 Å². The van der Waals surface area contributed by atoms with Gasteiger partial charge in [0, 0.05) is 24.7 Å². The van der Waals surface area contributed by atoms with Crippen LogP contribution in [0.4, 0.5) is 5.69 Å². The van der Waals surface area contributed by atoms with Gasteiger partial charge in [0.1, 0.15) is 23.3 Å². The maximum Gasteiger partial charge on any atom is 0.325 e. The topological polar surface area (TPSA) is 54.4 Å². The number of rotatable bonds is 5. The zero-order chi connectivity index (χ0) is 22.7. The summed E-state index contributed by atoms with van der Waals surface area (Å²) in [5.74, 6) is 2.59. The Labute approximate surface area is 194 Å². The average molecular weight is 456 g/mol. The zero-order valence-electron chi connectivity index (χ0n) is 18.9. The van der Waals surface area contributed by atoms with Crippen molar-refractivity contribution in [1.82, 2.24) is 9.80 Å². The number of nitrogens with zero attached hydrogens (tertiary/aromatic N) is 3. The number of benzene rings is 2. The molecule has 2 aromatic carbocycles. The van der Waals surface area contributed by atoms with E-state index in [4.69, 9.17) is 26.1 Å². The van der Waals surface area contributed by atoms with Crippen LogP contribution in [-0.4, -0.2) is 60.4 Å². The molecule has 0 spiro atoms. The molecule has 0 aromatic heterocycles. The Morgan fingerprint density at radius 1 is 1.22 bits per heavy atom. The third-order valence-corrected chi connectivity index (χ3v) is 6.07. The van der Waals surface area contributed by atoms with Crippen LogP contribution in [0.25, 0.3) is 0 Å². The summed E-state index contributed by atoms with van der Waals surface area (Å²) in [7, 11) is 0. The Morgan fingerprint density at radius 3 is 2.81 bits per heavy atom. The van der Waals surface area contributed by atoms with Gasteiger partial charge in [0.05, 0.1) is 12.2 Å². The molecule has 1 fully saturated rings. The first-order valence-electron chi connectivity index (χ1n) is 11.3. The van der Waals surface area contributed by atoms with Crippen LogP contribution in [0.5, 0.6) is 11.5 Å². The lowest BCUT2D eigenvalue weighted by Gasteiger charge is -2.41. The van der Waals surface area contributed by atoms with E-state index in [0.717, 1.165) is 43.2 Å². The van der Waals surface area contributed by atoms with Crippen molar-refractivity contribution in [2.75, 3.05) is 32.8 Å². The molecular weight excluding hydrogens is 426 g/mol. The third kappa shape index (κ3) is 4.92. The number of ether oxygens (including phenoxy) is 2. The van der Waals surface area contributed by atoms with E-state index in [9.17, 15) is 4.79 Å². The van der Waals surface area contributed by atoms with Crippen LogP contribution >= 0.6 is 11.6 Å². The molecule has 2 aliphatic rings. The van der Waals surface area contributed by atoms with E-state index in [1.807, 2.05) is 43.3 Å². The average Bonchev–Trinajstić information content (AvgIpc) is 2.94. The molecule has 1 atom stereocenters. The van der Waals surface area contributed by atoms with Crippen LogP contribution < -0.4 is 4.74 Å². The largest absolute Gasteiger partial charge is 0.465 e. The van der Waals surface area contributed by atoms with Crippen molar-refractivity contribution in [3.8, 4) is 11.5 Å². The number of carbonyl (C=O) groups excluding carboxylic acids is 1. The smallest absolute Gasteiger partial charge is 0.325 e. The summed E-state index contributed by atoms with van der Waals surface area (Å²) >= 11 is 6.25. The number of hydrogen-bond donors (Lipinski definition) is 0. The molecule has 4 rings (SSSR count). The molecule has 0 radical (unpaired) electrons. The number of esters is 1. The highest BCUT2D eigenvalue weighted by Gasteiger charge is 2.36. The van der Waals surface area contributed by atoms with Crippen molar-refractivity contribution in [3.63, 3.8) is 0 Å². The molecule has 6 nitrogen and oxygen atoms in total. The highest BCUT2D eigenvalue weighted by Crippen LogP contribution is 2.39. The molecule has 1 saturated heterocycles. The molecule has 0 amide bonds. The van der Waals surface area contributed by atoms with Crippen LogP contribution in [0.2, 0.25) is 5.02 Å². The first-order chi connectivity index (χ1) is 15.5. The normalized spacial score (nSPS) is 18.3. The minimum atomic E-state index is -0.333. The van der Waals surface area contributed by atoms with Gasteiger partial charge in [0.25, 0.3) is 0 Å². The van der Waals surface area contributed by atoms with Gasteiger partial charge in [-0.3, -0.25) is 9.69 Å². The molecule has 0 aliphatic carbocycles. The summed E-state index contributed by atoms with van der Waals surface area (Å²) in [5.41, 5.74) is 1.58. The fourth-order valence-corrected chi connectivity index (χ4v) is 4.27. The third-order valence-electron chi connectivity index (χ3n) is 5.84. The second kappa shape index (κ2) is 9.92.